The molecule has 2 aromatic carbocycles. The highest BCUT2D eigenvalue weighted by molar-refractivity contribution is 9.10. The quantitative estimate of drug-likeness (QED) is 0.842. The minimum atomic E-state index is 0.671. The van der Waals surface area contributed by atoms with E-state index in [-0.39, 0.29) is 0 Å². The number of ether oxygens (including phenoxy) is 1. The molecule has 0 fully saturated rings. The molecular weight excluding hydrogens is 326 g/mol. The number of nitrogens with one attached hydrogen (secondary N) is 1. The zero-order chi connectivity index (χ0) is 13.8. The normalized spacial score (nSPS) is 10.3. The summed E-state index contributed by atoms with van der Waals surface area (Å²) >= 11 is 9.50. The molecule has 1 N–H and O–H groups in total. The lowest BCUT2D eigenvalue weighted by molar-refractivity contribution is 0.410. The Labute approximate surface area is 126 Å². The number of benzene rings is 2. The monoisotopic (exact) mass is 339 g/mol. The molecule has 2 aromatic rings. The van der Waals surface area contributed by atoms with Crippen molar-refractivity contribution in [3.8, 4) is 5.75 Å². The van der Waals surface area contributed by atoms with E-state index < -0.39 is 0 Å². The maximum Gasteiger partial charge on any atom is 0.123 e. The van der Waals surface area contributed by atoms with Gasteiger partial charge in [-0.25, -0.2) is 0 Å². The van der Waals surface area contributed by atoms with Crippen LogP contribution in [-0.4, -0.2) is 7.11 Å². The Morgan fingerprint density at radius 2 is 2.00 bits per heavy atom. The molecule has 0 heterocycles. The summed E-state index contributed by atoms with van der Waals surface area (Å²) < 4.78 is 6.44. The van der Waals surface area contributed by atoms with Crippen molar-refractivity contribution in [3.63, 3.8) is 0 Å². The number of hydrogen-bond acceptors (Lipinski definition) is 2. The number of anilines is 1. The number of halogens is 2. The highest BCUT2D eigenvalue weighted by atomic mass is 79.9. The summed E-state index contributed by atoms with van der Waals surface area (Å²) in [6, 6.07) is 11.8. The topological polar surface area (TPSA) is 21.3 Å². The third-order valence-corrected chi connectivity index (χ3v) is 4.01. The van der Waals surface area contributed by atoms with Crippen molar-refractivity contribution >= 4 is 33.2 Å². The second-order valence-electron chi connectivity index (χ2n) is 4.27. The largest absolute Gasteiger partial charge is 0.496 e. The van der Waals surface area contributed by atoms with Gasteiger partial charge in [0.1, 0.15) is 5.75 Å². The fourth-order valence-corrected chi connectivity index (χ4v) is 2.28. The van der Waals surface area contributed by atoms with E-state index in [1.54, 1.807) is 7.11 Å². The van der Waals surface area contributed by atoms with Crippen LogP contribution in [-0.2, 0) is 6.54 Å². The number of aryl methyl sites for hydroxylation is 1. The van der Waals surface area contributed by atoms with Gasteiger partial charge in [0.2, 0.25) is 0 Å². The minimum absolute atomic E-state index is 0.671. The van der Waals surface area contributed by atoms with E-state index in [4.69, 9.17) is 16.3 Å². The molecule has 0 unspecified atom stereocenters. The van der Waals surface area contributed by atoms with Gasteiger partial charge in [0.05, 0.1) is 7.11 Å². The van der Waals surface area contributed by atoms with Crippen LogP contribution in [0.2, 0.25) is 5.02 Å². The molecule has 0 aliphatic carbocycles. The van der Waals surface area contributed by atoms with Crippen LogP contribution in [0.1, 0.15) is 11.1 Å². The molecule has 0 aliphatic heterocycles. The van der Waals surface area contributed by atoms with Crippen LogP contribution in [0, 0.1) is 6.92 Å². The van der Waals surface area contributed by atoms with Crippen molar-refractivity contribution in [2.75, 3.05) is 12.4 Å². The third-order valence-electron chi connectivity index (χ3n) is 2.88. The van der Waals surface area contributed by atoms with Crippen molar-refractivity contribution in [2.45, 2.75) is 13.5 Å². The second-order valence-corrected chi connectivity index (χ2v) is 5.56. The van der Waals surface area contributed by atoms with Crippen LogP contribution in [0.15, 0.2) is 40.9 Å². The first-order valence-electron chi connectivity index (χ1n) is 5.92. The Bertz CT molecular complexity index is 586. The number of rotatable bonds is 4. The third kappa shape index (κ3) is 3.64. The SMILES string of the molecule is COc1ccc(Cl)cc1CNc1ccc(Br)c(C)c1. The summed E-state index contributed by atoms with van der Waals surface area (Å²) in [5, 5.41) is 4.08. The zero-order valence-corrected chi connectivity index (χ0v) is 13.2. The van der Waals surface area contributed by atoms with Gasteiger partial charge >= 0.3 is 0 Å². The fourth-order valence-electron chi connectivity index (χ4n) is 1.84. The molecule has 0 aromatic heterocycles. The number of methoxy groups -OCH3 is 1. The molecule has 2 rings (SSSR count). The van der Waals surface area contributed by atoms with Gasteiger partial charge in [-0.05, 0) is 48.9 Å². The smallest absolute Gasteiger partial charge is 0.123 e. The Morgan fingerprint density at radius 1 is 1.21 bits per heavy atom. The van der Waals surface area contributed by atoms with Crippen LogP contribution in [0.25, 0.3) is 0 Å². The van der Waals surface area contributed by atoms with Crippen molar-refractivity contribution < 1.29 is 4.74 Å². The van der Waals surface area contributed by atoms with Crippen LogP contribution in [0.5, 0.6) is 5.75 Å². The number of hydrogen-bond donors (Lipinski definition) is 1. The van der Waals surface area contributed by atoms with E-state index in [2.05, 4.69) is 34.2 Å². The van der Waals surface area contributed by atoms with E-state index >= 15 is 0 Å². The molecule has 2 nitrogen and oxygen atoms in total. The summed E-state index contributed by atoms with van der Waals surface area (Å²) in [7, 11) is 1.66. The van der Waals surface area contributed by atoms with E-state index in [9.17, 15) is 0 Å². The first kappa shape index (κ1) is 14.2. The molecule has 0 amide bonds. The molecule has 0 radical (unpaired) electrons. The Hall–Kier alpha value is -1.19. The lowest BCUT2D eigenvalue weighted by Crippen LogP contribution is -2.02. The molecule has 19 heavy (non-hydrogen) atoms. The minimum Gasteiger partial charge on any atom is -0.496 e. The Balaban J connectivity index is 2.13. The van der Waals surface area contributed by atoms with E-state index in [1.807, 2.05) is 30.3 Å². The molecule has 100 valence electrons. The van der Waals surface area contributed by atoms with Crippen LogP contribution < -0.4 is 10.1 Å². The summed E-state index contributed by atoms with van der Waals surface area (Å²) in [4.78, 5) is 0. The van der Waals surface area contributed by atoms with E-state index in [0.717, 1.165) is 21.5 Å². The van der Waals surface area contributed by atoms with Crippen LogP contribution in [0.4, 0.5) is 5.69 Å². The molecule has 0 bridgehead atoms. The van der Waals surface area contributed by atoms with Gasteiger partial charge in [-0.3, -0.25) is 0 Å². The predicted molar refractivity (Wildman–Crippen MR) is 84.2 cm³/mol. The molecule has 0 atom stereocenters. The van der Waals surface area contributed by atoms with Gasteiger partial charge in [0.15, 0.2) is 0 Å². The van der Waals surface area contributed by atoms with Gasteiger partial charge < -0.3 is 10.1 Å². The highest BCUT2D eigenvalue weighted by Gasteiger charge is 2.04. The summed E-state index contributed by atoms with van der Waals surface area (Å²) in [6.45, 7) is 2.74. The van der Waals surface area contributed by atoms with Crippen molar-refractivity contribution in [1.29, 1.82) is 0 Å². The standard InChI is InChI=1S/C15H15BrClNO/c1-10-7-13(4-5-14(10)16)18-9-11-8-12(17)3-6-15(11)19-2/h3-8,18H,9H2,1-2H3. The first-order valence-corrected chi connectivity index (χ1v) is 7.09. The van der Waals surface area contributed by atoms with Crippen LogP contribution in [0.3, 0.4) is 0 Å². The zero-order valence-electron chi connectivity index (χ0n) is 10.8. The van der Waals surface area contributed by atoms with Gasteiger partial charge in [0.25, 0.3) is 0 Å². The van der Waals surface area contributed by atoms with E-state index in [0.29, 0.717) is 11.6 Å². The van der Waals surface area contributed by atoms with Crippen molar-refractivity contribution in [2.24, 2.45) is 0 Å². The lowest BCUT2D eigenvalue weighted by atomic mass is 10.2. The molecule has 0 aliphatic rings. The summed E-state index contributed by atoms with van der Waals surface area (Å²) in [5.74, 6) is 0.839. The van der Waals surface area contributed by atoms with Crippen LogP contribution >= 0.6 is 27.5 Å². The molecule has 4 heteroatoms. The van der Waals surface area contributed by atoms with Gasteiger partial charge in [-0.1, -0.05) is 27.5 Å². The molecule has 0 saturated heterocycles. The lowest BCUT2D eigenvalue weighted by Gasteiger charge is -2.12. The molecule has 0 saturated carbocycles. The predicted octanol–water partition coefficient (Wildman–Crippen LogP) is 5.03. The Morgan fingerprint density at radius 3 is 2.68 bits per heavy atom. The Kier molecular flexibility index (Phi) is 4.72. The van der Waals surface area contributed by atoms with E-state index in [1.165, 1.54) is 5.56 Å². The average Bonchev–Trinajstić information content (AvgIpc) is 2.40. The molecule has 0 spiro atoms. The first-order chi connectivity index (χ1) is 9.10. The highest BCUT2D eigenvalue weighted by Crippen LogP contribution is 2.25. The average molecular weight is 341 g/mol. The fraction of sp³-hybridized carbons (Fsp3) is 0.200. The van der Waals surface area contributed by atoms with Gasteiger partial charge in [-0.15, -0.1) is 0 Å². The second kappa shape index (κ2) is 6.31. The molecular formula is C15H15BrClNO. The van der Waals surface area contributed by atoms with Gasteiger partial charge in [-0.2, -0.15) is 0 Å². The maximum atomic E-state index is 6.01. The van der Waals surface area contributed by atoms with Gasteiger partial charge in [0, 0.05) is 27.3 Å². The van der Waals surface area contributed by atoms with Crippen molar-refractivity contribution in [3.05, 3.63) is 57.0 Å². The van der Waals surface area contributed by atoms with Crippen molar-refractivity contribution in [1.82, 2.24) is 0 Å². The summed E-state index contributed by atoms with van der Waals surface area (Å²) in [5.41, 5.74) is 3.31. The summed E-state index contributed by atoms with van der Waals surface area (Å²) in [6.07, 6.45) is 0. The maximum absolute atomic E-state index is 6.01.